The lowest BCUT2D eigenvalue weighted by molar-refractivity contribution is -0.140. The summed E-state index contributed by atoms with van der Waals surface area (Å²) in [5.74, 6) is 2.09. The summed E-state index contributed by atoms with van der Waals surface area (Å²) < 4.78 is 0. The van der Waals surface area contributed by atoms with Crippen LogP contribution in [0.4, 0.5) is 0 Å². The van der Waals surface area contributed by atoms with E-state index < -0.39 is 0 Å². The molecule has 1 atom stereocenters. The van der Waals surface area contributed by atoms with Crippen LogP contribution in [0, 0.1) is 17.8 Å². The lowest BCUT2D eigenvalue weighted by atomic mass is 9.87. The molecule has 2 aliphatic rings. The number of carbonyl (C=O) groups excluding carboxylic acids is 1. The molecule has 0 bridgehead atoms. The van der Waals surface area contributed by atoms with Crippen LogP contribution in [0.15, 0.2) is 0 Å². The first-order valence-corrected chi connectivity index (χ1v) is 5.97. The summed E-state index contributed by atoms with van der Waals surface area (Å²) >= 11 is 0. The third-order valence-corrected chi connectivity index (χ3v) is 3.55. The highest BCUT2D eigenvalue weighted by molar-refractivity contribution is 5.79. The SMILES string of the molecule is CC(C)C1CCCN(CC2CC2)C1=O. The molecular weight excluding hydrogens is 174 g/mol. The summed E-state index contributed by atoms with van der Waals surface area (Å²) in [7, 11) is 0. The zero-order chi connectivity index (χ0) is 10.1. The smallest absolute Gasteiger partial charge is 0.225 e. The van der Waals surface area contributed by atoms with E-state index in [1.165, 1.54) is 19.3 Å². The molecule has 2 fully saturated rings. The summed E-state index contributed by atoms with van der Waals surface area (Å²) in [4.78, 5) is 14.2. The Kier molecular flexibility index (Phi) is 2.80. The number of hydrogen-bond donors (Lipinski definition) is 0. The van der Waals surface area contributed by atoms with Gasteiger partial charge in [0.1, 0.15) is 0 Å². The van der Waals surface area contributed by atoms with Gasteiger partial charge < -0.3 is 4.90 Å². The van der Waals surface area contributed by atoms with Gasteiger partial charge >= 0.3 is 0 Å². The maximum Gasteiger partial charge on any atom is 0.225 e. The zero-order valence-corrected chi connectivity index (χ0v) is 9.33. The highest BCUT2D eigenvalue weighted by atomic mass is 16.2. The molecule has 0 aromatic heterocycles. The Balaban J connectivity index is 1.93. The molecular formula is C12H21NO. The molecule has 0 N–H and O–H groups in total. The molecule has 0 aromatic carbocycles. The van der Waals surface area contributed by atoms with Gasteiger partial charge in [0, 0.05) is 19.0 Å². The van der Waals surface area contributed by atoms with Gasteiger partial charge in [0.25, 0.3) is 0 Å². The van der Waals surface area contributed by atoms with E-state index in [2.05, 4.69) is 18.7 Å². The van der Waals surface area contributed by atoms with E-state index in [9.17, 15) is 4.79 Å². The molecule has 1 saturated heterocycles. The van der Waals surface area contributed by atoms with Crippen molar-refractivity contribution >= 4 is 5.91 Å². The average Bonchev–Trinajstić information content (AvgIpc) is 2.92. The van der Waals surface area contributed by atoms with Crippen molar-refractivity contribution in [3.8, 4) is 0 Å². The predicted octanol–water partition coefficient (Wildman–Crippen LogP) is 2.29. The normalized spacial score (nSPS) is 28.6. The third-order valence-electron chi connectivity index (χ3n) is 3.55. The van der Waals surface area contributed by atoms with E-state index in [4.69, 9.17) is 0 Å². The number of piperidine rings is 1. The summed E-state index contributed by atoms with van der Waals surface area (Å²) in [6.45, 7) is 6.40. The predicted molar refractivity (Wildman–Crippen MR) is 56.9 cm³/mol. The second-order valence-corrected chi connectivity index (χ2v) is 5.22. The van der Waals surface area contributed by atoms with Gasteiger partial charge in [0.15, 0.2) is 0 Å². The van der Waals surface area contributed by atoms with Crippen LogP contribution in [0.25, 0.3) is 0 Å². The highest BCUT2D eigenvalue weighted by Gasteiger charge is 2.33. The van der Waals surface area contributed by atoms with Crippen molar-refractivity contribution in [3.63, 3.8) is 0 Å². The molecule has 1 amide bonds. The number of carbonyl (C=O) groups is 1. The second-order valence-electron chi connectivity index (χ2n) is 5.22. The molecule has 1 unspecified atom stereocenters. The maximum atomic E-state index is 12.1. The van der Waals surface area contributed by atoms with Crippen molar-refractivity contribution in [1.82, 2.24) is 4.90 Å². The van der Waals surface area contributed by atoms with Crippen molar-refractivity contribution in [2.75, 3.05) is 13.1 Å². The van der Waals surface area contributed by atoms with Crippen LogP contribution in [0.2, 0.25) is 0 Å². The van der Waals surface area contributed by atoms with E-state index in [0.717, 1.165) is 25.4 Å². The highest BCUT2D eigenvalue weighted by Crippen LogP contribution is 2.32. The number of hydrogen-bond acceptors (Lipinski definition) is 1. The van der Waals surface area contributed by atoms with Crippen LogP contribution in [0.5, 0.6) is 0 Å². The van der Waals surface area contributed by atoms with Crippen molar-refractivity contribution in [3.05, 3.63) is 0 Å². The Bertz CT molecular complexity index is 220. The zero-order valence-electron chi connectivity index (χ0n) is 9.33. The molecule has 2 rings (SSSR count). The van der Waals surface area contributed by atoms with Crippen LogP contribution in [-0.2, 0) is 4.79 Å². The fraction of sp³-hybridized carbons (Fsp3) is 0.917. The number of nitrogens with zero attached hydrogens (tertiary/aromatic N) is 1. The minimum Gasteiger partial charge on any atom is -0.342 e. The van der Waals surface area contributed by atoms with Gasteiger partial charge in [-0.3, -0.25) is 4.79 Å². The van der Waals surface area contributed by atoms with Crippen LogP contribution >= 0.6 is 0 Å². The molecule has 80 valence electrons. The fourth-order valence-electron chi connectivity index (χ4n) is 2.38. The van der Waals surface area contributed by atoms with E-state index in [1.807, 2.05) is 0 Å². The van der Waals surface area contributed by atoms with Crippen molar-refractivity contribution in [2.24, 2.45) is 17.8 Å². The van der Waals surface area contributed by atoms with Crippen LogP contribution in [-0.4, -0.2) is 23.9 Å². The quantitative estimate of drug-likeness (QED) is 0.676. The molecule has 0 radical (unpaired) electrons. The summed E-state index contributed by atoms with van der Waals surface area (Å²) in [5, 5.41) is 0. The van der Waals surface area contributed by atoms with Gasteiger partial charge in [-0.25, -0.2) is 0 Å². The average molecular weight is 195 g/mol. The molecule has 1 aliphatic heterocycles. The van der Waals surface area contributed by atoms with E-state index in [0.29, 0.717) is 17.7 Å². The Labute approximate surface area is 86.7 Å². The molecule has 0 spiro atoms. The molecule has 1 aliphatic carbocycles. The summed E-state index contributed by atoms with van der Waals surface area (Å²) in [5.41, 5.74) is 0. The van der Waals surface area contributed by atoms with Gasteiger partial charge in [0.2, 0.25) is 5.91 Å². The van der Waals surface area contributed by atoms with Crippen LogP contribution in [0.3, 0.4) is 0 Å². The molecule has 1 heterocycles. The molecule has 14 heavy (non-hydrogen) atoms. The molecule has 0 aromatic rings. The van der Waals surface area contributed by atoms with Crippen molar-refractivity contribution in [1.29, 1.82) is 0 Å². The topological polar surface area (TPSA) is 20.3 Å². The lowest BCUT2D eigenvalue weighted by Crippen LogP contribution is -2.43. The van der Waals surface area contributed by atoms with Gasteiger partial charge in [-0.2, -0.15) is 0 Å². The van der Waals surface area contributed by atoms with E-state index >= 15 is 0 Å². The monoisotopic (exact) mass is 195 g/mol. The largest absolute Gasteiger partial charge is 0.342 e. The number of likely N-dealkylation sites (tertiary alicyclic amines) is 1. The number of amides is 1. The van der Waals surface area contributed by atoms with Gasteiger partial charge in [-0.15, -0.1) is 0 Å². The van der Waals surface area contributed by atoms with Gasteiger partial charge in [-0.1, -0.05) is 13.8 Å². The minimum atomic E-state index is 0.308. The summed E-state index contributed by atoms with van der Waals surface area (Å²) in [6.07, 6.45) is 5.01. The van der Waals surface area contributed by atoms with Gasteiger partial charge in [0.05, 0.1) is 0 Å². The molecule has 1 saturated carbocycles. The van der Waals surface area contributed by atoms with Crippen LogP contribution in [0.1, 0.15) is 39.5 Å². The Morgan fingerprint density at radius 2 is 2.07 bits per heavy atom. The van der Waals surface area contributed by atoms with Crippen LogP contribution < -0.4 is 0 Å². The Hall–Kier alpha value is -0.530. The molecule has 2 heteroatoms. The Morgan fingerprint density at radius 3 is 2.64 bits per heavy atom. The first-order chi connectivity index (χ1) is 6.68. The Morgan fingerprint density at radius 1 is 1.36 bits per heavy atom. The van der Waals surface area contributed by atoms with E-state index in [-0.39, 0.29) is 0 Å². The van der Waals surface area contributed by atoms with Crippen molar-refractivity contribution < 1.29 is 4.79 Å². The first kappa shape index (κ1) is 10.0. The fourth-order valence-corrected chi connectivity index (χ4v) is 2.38. The third kappa shape index (κ3) is 2.10. The maximum absolute atomic E-state index is 12.1. The first-order valence-electron chi connectivity index (χ1n) is 5.97. The van der Waals surface area contributed by atoms with Crippen molar-refractivity contribution in [2.45, 2.75) is 39.5 Å². The summed E-state index contributed by atoms with van der Waals surface area (Å²) in [6, 6.07) is 0. The standard InChI is InChI=1S/C12H21NO/c1-9(2)11-4-3-7-13(12(11)14)8-10-5-6-10/h9-11H,3-8H2,1-2H3. The minimum absolute atomic E-state index is 0.308. The van der Waals surface area contributed by atoms with Gasteiger partial charge in [-0.05, 0) is 37.5 Å². The lowest BCUT2D eigenvalue weighted by Gasteiger charge is -2.34. The van der Waals surface area contributed by atoms with E-state index in [1.54, 1.807) is 0 Å². The number of rotatable bonds is 3. The second kappa shape index (κ2) is 3.92. The molecule has 2 nitrogen and oxygen atoms in total.